The number of carbonyl (C=O) groups excluding carboxylic acids is 1. The second-order valence-corrected chi connectivity index (χ2v) is 5.45. The molecule has 1 N–H and O–H groups in total. The first-order chi connectivity index (χ1) is 11.8. The number of nitrogens with one attached hydrogen (secondary N) is 1. The van der Waals surface area contributed by atoms with E-state index in [0.29, 0.717) is 11.4 Å². The molecule has 0 atom stereocenters. The third-order valence-electron chi connectivity index (χ3n) is 3.04. The standard InChI is InChI=1S/C17H15ClF3NO3/c1-11(23)22-13-3-5-14(6-4-13)24-8-9-25-16-7-2-12(10-15(16)18)17(19,20)21/h2-7,10H,8-9H2,1H3,(H,22,23). The minimum absolute atomic E-state index is 0.110. The largest absolute Gasteiger partial charge is 0.490 e. The van der Waals surface area contributed by atoms with Crippen LogP contribution in [-0.2, 0) is 11.0 Å². The number of hydrogen-bond acceptors (Lipinski definition) is 3. The van der Waals surface area contributed by atoms with Gasteiger partial charge in [0, 0.05) is 12.6 Å². The topological polar surface area (TPSA) is 47.6 Å². The molecule has 2 aromatic rings. The number of anilines is 1. The van der Waals surface area contributed by atoms with E-state index in [1.165, 1.54) is 13.0 Å². The van der Waals surface area contributed by atoms with Crippen LogP contribution >= 0.6 is 11.6 Å². The van der Waals surface area contributed by atoms with Crippen LogP contribution in [0, 0.1) is 0 Å². The van der Waals surface area contributed by atoms with Crippen molar-refractivity contribution in [2.75, 3.05) is 18.5 Å². The maximum atomic E-state index is 12.5. The molecule has 0 saturated heterocycles. The van der Waals surface area contributed by atoms with Gasteiger partial charge in [-0.25, -0.2) is 0 Å². The molecular formula is C17H15ClF3NO3. The lowest BCUT2D eigenvalue weighted by Crippen LogP contribution is -2.10. The van der Waals surface area contributed by atoms with Gasteiger partial charge < -0.3 is 14.8 Å². The Kier molecular flexibility index (Phi) is 6.14. The zero-order valence-corrected chi connectivity index (χ0v) is 13.9. The number of amides is 1. The number of halogens is 4. The molecule has 0 bridgehead atoms. The summed E-state index contributed by atoms with van der Waals surface area (Å²) >= 11 is 5.79. The fraction of sp³-hybridized carbons (Fsp3) is 0.235. The van der Waals surface area contributed by atoms with Gasteiger partial charge in [0.1, 0.15) is 24.7 Å². The monoisotopic (exact) mass is 373 g/mol. The van der Waals surface area contributed by atoms with E-state index in [2.05, 4.69) is 5.32 Å². The van der Waals surface area contributed by atoms with Crippen molar-refractivity contribution in [3.05, 3.63) is 53.1 Å². The van der Waals surface area contributed by atoms with Crippen molar-refractivity contribution in [3.63, 3.8) is 0 Å². The Morgan fingerprint density at radius 2 is 1.72 bits per heavy atom. The van der Waals surface area contributed by atoms with Crippen molar-refractivity contribution in [1.29, 1.82) is 0 Å². The average molecular weight is 374 g/mol. The van der Waals surface area contributed by atoms with E-state index in [9.17, 15) is 18.0 Å². The van der Waals surface area contributed by atoms with E-state index in [0.717, 1.165) is 12.1 Å². The van der Waals surface area contributed by atoms with Crippen LogP contribution in [0.3, 0.4) is 0 Å². The van der Waals surface area contributed by atoms with Crippen LogP contribution in [0.2, 0.25) is 5.02 Å². The molecule has 0 unspecified atom stereocenters. The summed E-state index contributed by atoms with van der Waals surface area (Å²) < 4.78 is 48.4. The molecule has 134 valence electrons. The third-order valence-corrected chi connectivity index (χ3v) is 3.34. The van der Waals surface area contributed by atoms with E-state index >= 15 is 0 Å². The Hall–Kier alpha value is -2.41. The minimum Gasteiger partial charge on any atom is -0.490 e. The van der Waals surface area contributed by atoms with Gasteiger partial charge in [-0.2, -0.15) is 13.2 Å². The molecule has 25 heavy (non-hydrogen) atoms. The second-order valence-electron chi connectivity index (χ2n) is 5.05. The molecule has 8 heteroatoms. The first kappa shape index (κ1) is 18.9. The molecule has 0 heterocycles. The van der Waals surface area contributed by atoms with Crippen LogP contribution < -0.4 is 14.8 Å². The first-order valence-corrected chi connectivity index (χ1v) is 7.63. The fourth-order valence-electron chi connectivity index (χ4n) is 1.94. The zero-order chi connectivity index (χ0) is 18.4. The van der Waals surface area contributed by atoms with Crippen molar-refractivity contribution in [2.45, 2.75) is 13.1 Å². The molecule has 0 radical (unpaired) electrons. The Labute approximate surface area is 147 Å². The van der Waals surface area contributed by atoms with Gasteiger partial charge in [-0.3, -0.25) is 4.79 Å². The maximum absolute atomic E-state index is 12.5. The summed E-state index contributed by atoms with van der Waals surface area (Å²) in [5.41, 5.74) is -0.187. The highest BCUT2D eigenvalue weighted by molar-refractivity contribution is 6.32. The van der Waals surface area contributed by atoms with Gasteiger partial charge >= 0.3 is 6.18 Å². The molecule has 0 aliphatic carbocycles. The van der Waals surface area contributed by atoms with Gasteiger partial charge in [-0.1, -0.05) is 11.6 Å². The highest BCUT2D eigenvalue weighted by atomic mass is 35.5. The lowest BCUT2D eigenvalue weighted by molar-refractivity contribution is -0.137. The SMILES string of the molecule is CC(=O)Nc1ccc(OCCOc2ccc(C(F)(F)F)cc2Cl)cc1. The number of alkyl halides is 3. The summed E-state index contributed by atoms with van der Waals surface area (Å²) in [7, 11) is 0. The van der Waals surface area contributed by atoms with Crippen LogP contribution in [0.15, 0.2) is 42.5 Å². The van der Waals surface area contributed by atoms with Crippen molar-refractivity contribution in [2.24, 2.45) is 0 Å². The average Bonchev–Trinajstić information content (AvgIpc) is 2.52. The van der Waals surface area contributed by atoms with Gasteiger partial charge in [0.15, 0.2) is 0 Å². The van der Waals surface area contributed by atoms with Crippen molar-refractivity contribution < 1.29 is 27.4 Å². The van der Waals surface area contributed by atoms with E-state index < -0.39 is 11.7 Å². The molecule has 2 rings (SSSR count). The quantitative estimate of drug-likeness (QED) is 0.742. The number of carbonyl (C=O) groups is 1. The maximum Gasteiger partial charge on any atom is 0.416 e. The molecule has 0 fully saturated rings. The van der Waals surface area contributed by atoms with Crippen LogP contribution in [0.4, 0.5) is 18.9 Å². The van der Waals surface area contributed by atoms with Crippen LogP contribution in [-0.4, -0.2) is 19.1 Å². The van der Waals surface area contributed by atoms with Crippen LogP contribution in [0.25, 0.3) is 0 Å². The highest BCUT2D eigenvalue weighted by Crippen LogP contribution is 2.34. The molecule has 1 amide bonds. The van der Waals surface area contributed by atoms with Gasteiger partial charge in [-0.15, -0.1) is 0 Å². The summed E-state index contributed by atoms with van der Waals surface area (Å²) in [4.78, 5) is 10.9. The van der Waals surface area contributed by atoms with E-state index in [4.69, 9.17) is 21.1 Å². The highest BCUT2D eigenvalue weighted by Gasteiger charge is 2.31. The lowest BCUT2D eigenvalue weighted by Gasteiger charge is -2.12. The molecule has 4 nitrogen and oxygen atoms in total. The normalized spacial score (nSPS) is 11.1. The summed E-state index contributed by atoms with van der Waals surface area (Å²) in [5.74, 6) is 0.547. The number of hydrogen-bond donors (Lipinski definition) is 1. The third kappa shape index (κ3) is 5.86. The summed E-state index contributed by atoms with van der Waals surface area (Å²) in [6.07, 6.45) is -4.45. The van der Waals surface area contributed by atoms with Gasteiger partial charge in [0.05, 0.1) is 10.6 Å². The van der Waals surface area contributed by atoms with Crippen LogP contribution in [0.1, 0.15) is 12.5 Å². The zero-order valence-electron chi connectivity index (χ0n) is 13.2. The molecule has 2 aromatic carbocycles. The number of ether oxygens (including phenoxy) is 2. The first-order valence-electron chi connectivity index (χ1n) is 7.26. The summed E-state index contributed by atoms with van der Waals surface area (Å²) in [6.45, 7) is 1.70. The number of rotatable bonds is 6. The Bertz CT molecular complexity index is 733. The molecule has 0 spiro atoms. The Balaban J connectivity index is 1.82. The molecule has 0 saturated carbocycles. The molecular weight excluding hydrogens is 359 g/mol. The predicted octanol–water partition coefficient (Wildman–Crippen LogP) is 4.78. The van der Waals surface area contributed by atoms with Gasteiger partial charge in [-0.05, 0) is 42.5 Å². The van der Waals surface area contributed by atoms with Crippen molar-refractivity contribution in [1.82, 2.24) is 0 Å². The summed E-state index contributed by atoms with van der Waals surface area (Å²) in [6, 6.07) is 9.62. The second kappa shape index (κ2) is 8.11. The molecule has 0 aliphatic rings. The Morgan fingerprint density at radius 3 is 2.28 bits per heavy atom. The van der Waals surface area contributed by atoms with Gasteiger partial charge in [0.25, 0.3) is 0 Å². The predicted molar refractivity (Wildman–Crippen MR) is 88.2 cm³/mol. The van der Waals surface area contributed by atoms with E-state index in [1.807, 2.05) is 0 Å². The Morgan fingerprint density at radius 1 is 1.08 bits per heavy atom. The van der Waals surface area contributed by atoms with Gasteiger partial charge in [0.2, 0.25) is 5.91 Å². The smallest absolute Gasteiger partial charge is 0.416 e. The molecule has 0 aliphatic heterocycles. The van der Waals surface area contributed by atoms with E-state index in [-0.39, 0.29) is 29.9 Å². The molecule has 0 aromatic heterocycles. The lowest BCUT2D eigenvalue weighted by atomic mass is 10.2. The van der Waals surface area contributed by atoms with Crippen LogP contribution in [0.5, 0.6) is 11.5 Å². The van der Waals surface area contributed by atoms with Crippen molar-refractivity contribution in [3.8, 4) is 11.5 Å². The fourth-order valence-corrected chi connectivity index (χ4v) is 2.18. The van der Waals surface area contributed by atoms with E-state index in [1.54, 1.807) is 24.3 Å². The number of benzene rings is 2. The van der Waals surface area contributed by atoms with Crippen molar-refractivity contribution >= 4 is 23.2 Å². The minimum atomic E-state index is -4.45. The summed E-state index contributed by atoms with van der Waals surface area (Å²) in [5, 5.41) is 2.51.